The topological polar surface area (TPSA) is 64.3 Å². The third kappa shape index (κ3) is 5.14. The number of hydrogen-bond donors (Lipinski definition) is 2. The van der Waals surface area contributed by atoms with E-state index in [1.807, 2.05) is 13.8 Å². The van der Waals surface area contributed by atoms with Crippen molar-refractivity contribution in [2.75, 3.05) is 7.11 Å². The van der Waals surface area contributed by atoms with Crippen LogP contribution in [-0.2, 0) is 9.53 Å². The molecule has 0 heterocycles. The van der Waals surface area contributed by atoms with Gasteiger partial charge in [-0.25, -0.2) is 0 Å². The Bertz CT molecular complexity index is 229. The summed E-state index contributed by atoms with van der Waals surface area (Å²) < 4.78 is 5.13. The molecule has 0 fully saturated rings. The summed E-state index contributed by atoms with van der Waals surface area (Å²) in [7, 11) is 1.57. The molecule has 0 spiro atoms. The third-order valence-corrected chi connectivity index (χ3v) is 2.30. The summed E-state index contributed by atoms with van der Waals surface area (Å²) >= 11 is 4.74. The monoisotopic (exact) mass is 218 g/mol. The molecule has 0 aliphatic carbocycles. The maximum absolute atomic E-state index is 11.4. The highest BCUT2D eigenvalue weighted by atomic mass is 32.1. The fourth-order valence-corrected chi connectivity index (χ4v) is 0.881. The van der Waals surface area contributed by atoms with E-state index in [1.54, 1.807) is 14.0 Å². The highest BCUT2D eigenvalue weighted by molar-refractivity contribution is 7.80. The minimum absolute atomic E-state index is 0.114. The molecule has 0 aromatic carbocycles. The molecule has 4 nitrogen and oxygen atoms in total. The summed E-state index contributed by atoms with van der Waals surface area (Å²) in [5.41, 5.74) is 4.91. The third-order valence-electron chi connectivity index (χ3n) is 1.94. The summed E-state index contributed by atoms with van der Waals surface area (Å²) in [5.74, 6) is -0.114. The Morgan fingerprint density at radius 2 is 2.14 bits per heavy atom. The van der Waals surface area contributed by atoms with E-state index in [-0.39, 0.29) is 23.4 Å². The van der Waals surface area contributed by atoms with Gasteiger partial charge in [-0.2, -0.15) is 0 Å². The van der Waals surface area contributed by atoms with E-state index >= 15 is 0 Å². The second kappa shape index (κ2) is 5.26. The highest BCUT2D eigenvalue weighted by Gasteiger charge is 2.22. The van der Waals surface area contributed by atoms with Crippen LogP contribution in [0, 0.1) is 0 Å². The van der Waals surface area contributed by atoms with Gasteiger partial charge in [0, 0.05) is 7.11 Å². The molecule has 0 rings (SSSR count). The molecule has 0 saturated heterocycles. The van der Waals surface area contributed by atoms with Gasteiger partial charge in [-0.1, -0.05) is 12.2 Å². The first kappa shape index (κ1) is 13.3. The zero-order valence-corrected chi connectivity index (χ0v) is 9.90. The standard InChI is InChI=1S/C9H18N2O2S/c1-6(8(10)14)11-7(12)5-9(2,3)13-4/h6H,5H2,1-4H3,(H2,10,14)(H,11,12). The number of nitrogens with two attached hydrogens (primary N) is 1. The van der Waals surface area contributed by atoms with Crippen LogP contribution in [0.2, 0.25) is 0 Å². The lowest BCUT2D eigenvalue weighted by Gasteiger charge is -2.23. The van der Waals surface area contributed by atoms with E-state index in [0.29, 0.717) is 0 Å². The van der Waals surface area contributed by atoms with E-state index in [0.717, 1.165) is 0 Å². The average molecular weight is 218 g/mol. The smallest absolute Gasteiger partial charge is 0.223 e. The SMILES string of the molecule is COC(C)(C)CC(=O)NC(C)C(N)=S. The van der Waals surface area contributed by atoms with E-state index in [1.165, 1.54) is 0 Å². The minimum Gasteiger partial charge on any atom is -0.392 e. The Hall–Kier alpha value is -0.680. The number of nitrogens with one attached hydrogen (secondary N) is 1. The van der Waals surface area contributed by atoms with E-state index in [9.17, 15) is 4.79 Å². The lowest BCUT2D eigenvalue weighted by molar-refractivity contribution is -0.126. The van der Waals surface area contributed by atoms with Crippen molar-refractivity contribution in [3.05, 3.63) is 0 Å². The molecule has 0 bridgehead atoms. The van der Waals surface area contributed by atoms with Gasteiger partial charge in [-0.05, 0) is 20.8 Å². The zero-order chi connectivity index (χ0) is 11.4. The molecule has 0 aromatic rings. The minimum atomic E-state index is -0.458. The van der Waals surface area contributed by atoms with Crippen molar-refractivity contribution in [2.45, 2.75) is 38.8 Å². The molecule has 0 aliphatic heterocycles. The van der Waals surface area contributed by atoms with Crippen molar-refractivity contribution in [1.29, 1.82) is 0 Å². The number of rotatable bonds is 5. The Morgan fingerprint density at radius 3 is 2.50 bits per heavy atom. The maximum atomic E-state index is 11.4. The number of amides is 1. The van der Waals surface area contributed by atoms with Crippen molar-refractivity contribution in [1.82, 2.24) is 5.32 Å². The first-order valence-corrected chi connectivity index (χ1v) is 4.83. The number of methoxy groups -OCH3 is 1. The number of carbonyl (C=O) groups excluding carboxylic acids is 1. The van der Waals surface area contributed by atoms with Crippen LogP contribution in [0.25, 0.3) is 0 Å². The summed E-state index contributed by atoms with van der Waals surface area (Å²) in [4.78, 5) is 11.7. The Kier molecular flexibility index (Phi) is 5.01. The van der Waals surface area contributed by atoms with E-state index in [2.05, 4.69) is 5.32 Å². The van der Waals surface area contributed by atoms with Gasteiger partial charge in [0.25, 0.3) is 0 Å². The molecule has 14 heavy (non-hydrogen) atoms. The van der Waals surface area contributed by atoms with Crippen LogP contribution < -0.4 is 11.1 Å². The van der Waals surface area contributed by atoms with Crippen LogP contribution in [0.5, 0.6) is 0 Å². The summed E-state index contributed by atoms with van der Waals surface area (Å²) in [6.45, 7) is 5.44. The van der Waals surface area contributed by atoms with Gasteiger partial charge in [-0.15, -0.1) is 0 Å². The Balaban J connectivity index is 4.05. The second-order valence-corrected chi connectivity index (χ2v) is 4.30. The fraction of sp³-hybridized carbons (Fsp3) is 0.778. The van der Waals surface area contributed by atoms with Gasteiger partial charge in [0.05, 0.1) is 23.1 Å². The van der Waals surface area contributed by atoms with Crippen LogP contribution in [0.4, 0.5) is 0 Å². The van der Waals surface area contributed by atoms with Crippen molar-refractivity contribution in [2.24, 2.45) is 5.73 Å². The van der Waals surface area contributed by atoms with Crippen LogP contribution >= 0.6 is 12.2 Å². The molecule has 3 N–H and O–H groups in total. The van der Waals surface area contributed by atoms with Crippen LogP contribution in [-0.4, -0.2) is 29.6 Å². The number of thiocarbonyl (C=S) groups is 1. The molecule has 5 heteroatoms. The first-order valence-electron chi connectivity index (χ1n) is 4.42. The van der Waals surface area contributed by atoms with Crippen LogP contribution in [0.1, 0.15) is 27.2 Å². The molecule has 0 aliphatic rings. The molecule has 0 radical (unpaired) electrons. The predicted molar refractivity (Wildman–Crippen MR) is 60.1 cm³/mol. The second-order valence-electron chi connectivity index (χ2n) is 3.83. The number of carbonyl (C=O) groups is 1. The summed E-state index contributed by atoms with van der Waals surface area (Å²) in [5, 5.41) is 2.68. The molecule has 0 aromatic heterocycles. The highest BCUT2D eigenvalue weighted by Crippen LogP contribution is 2.12. The van der Waals surface area contributed by atoms with E-state index in [4.69, 9.17) is 22.7 Å². The van der Waals surface area contributed by atoms with Gasteiger partial charge < -0.3 is 15.8 Å². The van der Waals surface area contributed by atoms with E-state index < -0.39 is 5.60 Å². The van der Waals surface area contributed by atoms with Crippen molar-refractivity contribution < 1.29 is 9.53 Å². The van der Waals surface area contributed by atoms with Crippen molar-refractivity contribution >= 4 is 23.1 Å². The molecule has 1 amide bonds. The number of hydrogen-bond acceptors (Lipinski definition) is 3. The number of ether oxygens (including phenoxy) is 1. The molecule has 0 saturated carbocycles. The van der Waals surface area contributed by atoms with Gasteiger partial charge in [-0.3, -0.25) is 4.79 Å². The molecular formula is C9H18N2O2S. The van der Waals surface area contributed by atoms with Crippen molar-refractivity contribution in [3.8, 4) is 0 Å². The molecule has 1 unspecified atom stereocenters. The molecule has 1 atom stereocenters. The summed E-state index contributed by atoms with van der Waals surface area (Å²) in [6.07, 6.45) is 0.288. The van der Waals surface area contributed by atoms with Gasteiger partial charge in [0.15, 0.2) is 0 Å². The normalized spacial score (nSPS) is 13.4. The largest absolute Gasteiger partial charge is 0.392 e. The van der Waals surface area contributed by atoms with Gasteiger partial charge in [0.2, 0.25) is 5.91 Å². The van der Waals surface area contributed by atoms with Crippen molar-refractivity contribution in [3.63, 3.8) is 0 Å². The molecular weight excluding hydrogens is 200 g/mol. The first-order chi connectivity index (χ1) is 6.28. The van der Waals surface area contributed by atoms with Gasteiger partial charge >= 0.3 is 0 Å². The van der Waals surface area contributed by atoms with Gasteiger partial charge in [0.1, 0.15) is 0 Å². The Labute approximate surface area is 90.2 Å². The predicted octanol–water partition coefficient (Wildman–Crippen LogP) is 0.592. The molecule has 82 valence electrons. The fourth-order valence-electron chi connectivity index (χ4n) is 0.822. The van der Waals surface area contributed by atoms with Crippen LogP contribution in [0.15, 0.2) is 0 Å². The lowest BCUT2D eigenvalue weighted by atomic mass is 10.0. The quantitative estimate of drug-likeness (QED) is 0.663. The average Bonchev–Trinajstić information content (AvgIpc) is 2.02. The lowest BCUT2D eigenvalue weighted by Crippen LogP contribution is -2.43. The van der Waals surface area contributed by atoms with Crippen LogP contribution in [0.3, 0.4) is 0 Å². The summed E-state index contributed by atoms with van der Waals surface area (Å²) in [6, 6.07) is -0.273. The Morgan fingerprint density at radius 1 is 1.64 bits per heavy atom. The maximum Gasteiger partial charge on any atom is 0.223 e. The zero-order valence-electron chi connectivity index (χ0n) is 9.09.